The van der Waals surface area contributed by atoms with Crippen molar-refractivity contribution in [1.29, 1.82) is 0 Å². The smallest absolute Gasteiger partial charge is 0.257 e. The molecule has 1 aliphatic rings. The van der Waals surface area contributed by atoms with Crippen LogP contribution in [-0.2, 0) is 27.2 Å². The minimum Gasteiger partial charge on any atom is -0.351 e. The predicted molar refractivity (Wildman–Crippen MR) is 96.9 cm³/mol. The second kappa shape index (κ2) is 9.35. The summed E-state index contributed by atoms with van der Waals surface area (Å²) in [6, 6.07) is 0. The number of rotatable bonds is 8. The van der Waals surface area contributed by atoms with Crippen molar-refractivity contribution >= 4 is 17.7 Å². The van der Waals surface area contributed by atoms with Crippen LogP contribution in [0.2, 0.25) is 0 Å². The zero-order valence-electron chi connectivity index (χ0n) is 15.3. The molecule has 0 saturated carbocycles. The summed E-state index contributed by atoms with van der Waals surface area (Å²) < 4.78 is 12.5. The van der Waals surface area contributed by atoms with Crippen molar-refractivity contribution in [3.8, 4) is 0 Å². The normalized spacial score (nSPS) is 16.8. The highest BCUT2D eigenvalue weighted by atomic mass is 32.2. The highest BCUT2D eigenvalue weighted by Crippen LogP contribution is 2.26. The maximum atomic E-state index is 12.6. The highest BCUT2D eigenvalue weighted by molar-refractivity contribution is 7.99. The van der Waals surface area contributed by atoms with Crippen LogP contribution in [0, 0.1) is 12.8 Å². The van der Waals surface area contributed by atoms with Crippen molar-refractivity contribution in [3.05, 3.63) is 21.6 Å². The van der Waals surface area contributed by atoms with Gasteiger partial charge < -0.3 is 14.8 Å². The van der Waals surface area contributed by atoms with Gasteiger partial charge in [0.1, 0.15) is 0 Å². The molecule has 0 fully saturated rings. The summed E-state index contributed by atoms with van der Waals surface area (Å²) in [5.41, 5.74) is 1.47. The molecule has 1 N–H and O–H groups in total. The summed E-state index contributed by atoms with van der Waals surface area (Å²) >= 11 is 1.46. The van der Waals surface area contributed by atoms with Crippen LogP contribution in [0.4, 0.5) is 0 Å². The first kappa shape index (κ1) is 19.9. The minimum atomic E-state index is -0.443. The quantitative estimate of drug-likeness (QED) is 0.550. The van der Waals surface area contributed by atoms with Crippen molar-refractivity contribution in [2.45, 2.75) is 52.1 Å². The van der Waals surface area contributed by atoms with Crippen LogP contribution in [-0.4, -0.2) is 47.3 Å². The van der Waals surface area contributed by atoms with Gasteiger partial charge in [0, 0.05) is 36.8 Å². The first-order valence-electron chi connectivity index (χ1n) is 8.75. The zero-order chi connectivity index (χ0) is 18.4. The summed E-state index contributed by atoms with van der Waals surface area (Å²) in [7, 11) is 0. The summed E-state index contributed by atoms with van der Waals surface area (Å²) in [4.78, 5) is 29.6. The van der Waals surface area contributed by atoms with Crippen molar-refractivity contribution in [2.24, 2.45) is 5.92 Å². The van der Waals surface area contributed by atoms with E-state index >= 15 is 0 Å². The number of aromatic nitrogens is 2. The molecule has 2 rings (SSSR count). The van der Waals surface area contributed by atoms with Crippen molar-refractivity contribution in [2.75, 3.05) is 25.5 Å². The molecule has 0 bridgehead atoms. The third kappa shape index (κ3) is 4.83. The number of hydrogen-bond acceptors (Lipinski definition) is 6. The molecule has 1 aromatic heterocycles. The Kier molecular flexibility index (Phi) is 7.46. The molecule has 25 heavy (non-hydrogen) atoms. The van der Waals surface area contributed by atoms with E-state index in [0.717, 1.165) is 11.3 Å². The number of nitrogens with one attached hydrogen (secondary N) is 1. The van der Waals surface area contributed by atoms with Crippen LogP contribution in [0.15, 0.2) is 9.95 Å². The molecule has 2 heterocycles. The number of hydrogen-bond donors (Lipinski definition) is 1. The Labute approximate surface area is 152 Å². The molecular weight excluding hydrogens is 342 g/mol. The minimum absolute atomic E-state index is 0.0310. The van der Waals surface area contributed by atoms with E-state index in [9.17, 15) is 9.59 Å². The number of thioether (sulfide) groups is 1. The molecular formula is C17H27N3O4S. The fourth-order valence-electron chi connectivity index (χ4n) is 2.83. The molecule has 0 radical (unpaired) electrons. The molecule has 8 heteroatoms. The van der Waals surface area contributed by atoms with Gasteiger partial charge in [-0.1, -0.05) is 18.7 Å². The number of ether oxygens (including phenoxy) is 2. The zero-order valence-corrected chi connectivity index (χ0v) is 16.1. The summed E-state index contributed by atoms with van der Waals surface area (Å²) in [6.45, 7) is 9.28. The van der Waals surface area contributed by atoms with Gasteiger partial charge >= 0.3 is 0 Å². The Morgan fingerprint density at radius 3 is 2.64 bits per heavy atom. The van der Waals surface area contributed by atoms with Crippen LogP contribution in [0.3, 0.4) is 0 Å². The molecule has 0 aliphatic carbocycles. The first-order valence-corrected chi connectivity index (χ1v) is 9.74. The second-order valence-electron chi connectivity index (χ2n) is 5.82. The Balaban J connectivity index is 2.04. The molecule has 140 valence electrons. The average molecular weight is 369 g/mol. The van der Waals surface area contributed by atoms with E-state index in [1.54, 1.807) is 4.57 Å². The lowest BCUT2D eigenvalue weighted by molar-refractivity contribution is -0.142. The molecule has 1 amide bonds. The van der Waals surface area contributed by atoms with Gasteiger partial charge in [-0.15, -0.1) is 0 Å². The van der Waals surface area contributed by atoms with E-state index < -0.39 is 6.29 Å². The lowest BCUT2D eigenvalue weighted by atomic mass is 10.1. The van der Waals surface area contributed by atoms with Gasteiger partial charge in [0.15, 0.2) is 11.4 Å². The first-order chi connectivity index (χ1) is 12.0. The predicted octanol–water partition coefficient (Wildman–Crippen LogP) is 1.35. The summed E-state index contributed by atoms with van der Waals surface area (Å²) in [5, 5.41) is 3.57. The Bertz CT molecular complexity index is 656. The fraction of sp³-hybridized carbons (Fsp3) is 0.706. The Hall–Kier alpha value is -1.38. The van der Waals surface area contributed by atoms with Gasteiger partial charge in [-0.25, -0.2) is 4.98 Å². The van der Waals surface area contributed by atoms with E-state index in [2.05, 4.69) is 10.3 Å². The third-order valence-electron chi connectivity index (χ3n) is 4.12. The Morgan fingerprint density at radius 1 is 1.36 bits per heavy atom. The van der Waals surface area contributed by atoms with Crippen molar-refractivity contribution in [1.82, 2.24) is 14.9 Å². The lowest BCUT2D eigenvalue weighted by Crippen LogP contribution is -2.43. The van der Waals surface area contributed by atoms with E-state index in [-0.39, 0.29) is 17.4 Å². The largest absolute Gasteiger partial charge is 0.351 e. The van der Waals surface area contributed by atoms with Gasteiger partial charge in [-0.2, -0.15) is 0 Å². The van der Waals surface area contributed by atoms with Crippen LogP contribution in [0.5, 0.6) is 0 Å². The van der Waals surface area contributed by atoms with Crippen LogP contribution in [0.25, 0.3) is 0 Å². The molecule has 1 unspecified atom stereocenters. The molecule has 1 atom stereocenters. The number of amides is 1. The fourth-order valence-corrected chi connectivity index (χ4v) is 3.95. The second-order valence-corrected chi connectivity index (χ2v) is 6.81. The maximum absolute atomic E-state index is 12.6. The van der Waals surface area contributed by atoms with E-state index in [0.29, 0.717) is 43.6 Å². The number of nitrogens with zero attached hydrogens (tertiary/aromatic N) is 2. The average Bonchev–Trinajstić information content (AvgIpc) is 2.60. The highest BCUT2D eigenvalue weighted by Gasteiger charge is 2.28. The van der Waals surface area contributed by atoms with Gasteiger partial charge in [0.2, 0.25) is 5.91 Å². The number of fused-ring (bicyclic) bond motifs is 1. The summed E-state index contributed by atoms with van der Waals surface area (Å²) in [5.74, 6) is 0.248. The maximum Gasteiger partial charge on any atom is 0.257 e. The van der Waals surface area contributed by atoms with Crippen LogP contribution < -0.4 is 10.9 Å². The van der Waals surface area contributed by atoms with E-state index in [1.807, 2.05) is 27.7 Å². The van der Waals surface area contributed by atoms with Gasteiger partial charge in [-0.3, -0.25) is 14.2 Å². The third-order valence-corrected chi connectivity index (χ3v) is 5.26. The Morgan fingerprint density at radius 2 is 2.04 bits per heavy atom. The van der Waals surface area contributed by atoms with Crippen LogP contribution >= 0.6 is 11.8 Å². The molecule has 0 spiro atoms. The standard InChI is InChI=1S/C17H27N3O4S/c1-5-13-11(4)19-17-20(16(13)22)9-12(10-25-17)15(21)18-8-14(23-6-2)24-7-3/h12,14H,5-10H2,1-4H3,(H,18,21). The molecule has 0 aromatic carbocycles. The number of carbonyl (C=O) groups is 1. The summed E-state index contributed by atoms with van der Waals surface area (Å²) in [6.07, 6.45) is 0.199. The number of carbonyl (C=O) groups excluding carboxylic acids is 1. The van der Waals surface area contributed by atoms with Gasteiger partial charge in [0.25, 0.3) is 5.56 Å². The molecule has 1 aliphatic heterocycles. The van der Waals surface area contributed by atoms with E-state index in [1.165, 1.54) is 11.8 Å². The monoisotopic (exact) mass is 369 g/mol. The van der Waals surface area contributed by atoms with E-state index in [4.69, 9.17) is 9.47 Å². The van der Waals surface area contributed by atoms with Crippen LogP contribution in [0.1, 0.15) is 32.0 Å². The van der Waals surface area contributed by atoms with Crippen molar-refractivity contribution in [3.63, 3.8) is 0 Å². The van der Waals surface area contributed by atoms with Gasteiger partial charge in [0.05, 0.1) is 12.5 Å². The lowest BCUT2D eigenvalue weighted by Gasteiger charge is -2.26. The molecule has 1 aromatic rings. The van der Waals surface area contributed by atoms with Gasteiger partial charge in [-0.05, 0) is 27.2 Å². The van der Waals surface area contributed by atoms with Crippen molar-refractivity contribution < 1.29 is 14.3 Å². The molecule has 7 nitrogen and oxygen atoms in total. The SMILES string of the molecule is CCOC(CNC(=O)C1CSc2nc(C)c(CC)c(=O)n2C1)OCC. The topological polar surface area (TPSA) is 82.5 Å². The molecule has 0 saturated heterocycles. The number of aryl methyl sites for hydroxylation is 1.